The second kappa shape index (κ2) is 5.07. The van der Waals surface area contributed by atoms with Crippen LogP contribution in [-0.4, -0.2) is 4.98 Å². The highest BCUT2D eigenvalue weighted by Gasteiger charge is 2.34. The molecule has 1 heteroatoms. The fraction of sp³-hybridized carbons (Fsp3) is 0.300. The van der Waals surface area contributed by atoms with Crippen LogP contribution in [0.25, 0.3) is 10.9 Å². The highest BCUT2D eigenvalue weighted by atomic mass is 14.7. The number of benzene rings is 2. The maximum absolute atomic E-state index is 3.43. The van der Waals surface area contributed by atoms with Crippen LogP contribution >= 0.6 is 0 Å². The maximum atomic E-state index is 3.43. The Balaban J connectivity index is 2.24. The Hall–Kier alpha value is -2.02. The molecule has 0 bridgehead atoms. The van der Waals surface area contributed by atoms with Gasteiger partial charge in [0.1, 0.15) is 0 Å². The molecule has 1 nitrogen and oxygen atoms in total. The molecule has 0 fully saturated rings. The van der Waals surface area contributed by atoms with Crippen LogP contribution in [0.2, 0.25) is 0 Å². The van der Waals surface area contributed by atoms with Crippen LogP contribution in [0.3, 0.4) is 0 Å². The van der Waals surface area contributed by atoms with Crippen molar-refractivity contribution < 1.29 is 0 Å². The Kier molecular flexibility index (Phi) is 3.36. The second-order valence-corrected chi connectivity index (χ2v) is 6.47. The lowest BCUT2D eigenvalue weighted by Crippen LogP contribution is -2.29. The molecule has 0 aliphatic carbocycles. The second-order valence-electron chi connectivity index (χ2n) is 6.47. The number of nitrogens with one attached hydrogen (secondary N) is 1. The topological polar surface area (TPSA) is 15.8 Å². The standard InChI is InChI=1S/C20H23N/c1-14(2)20(4,16-11-9-15(3)10-12-16)18-13-21-19-8-6-5-7-17(18)19/h5-14,21H,1-4H3. The molecular formula is C20H23N. The molecule has 1 N–H and O–H groups in total. The van der Waals surface area contributed by atoms with Crippen LogP contribution in [0.15, 0.2) is 54.7 Å². The lowest BCUT2D eigenvalue weighted by molar-refractivity contribution is 0.408. The number of rotatable bonds is 3. The summed E-state index contributed by atoms with van der Waals surface area (Å²) in [4.78, 5) is 3.43. The average Bonchev–Trinajstić information content (AvgIpc) is 2.91. The molecule has 108 valence electrons. The first kappa shape index (κ1) is 13.9. The smallest absolute Gasteiger partial charge is 0.0457 e. The number of fused-ring (bicyclic) bond motifs is 1. The number of aromatic nitrogens is 1. The molecule has 2 aromatic carbocycles. The van der Waals surface area contributed by atoms with Gasteiger partial charge in [0.15, 0.2) is 0 Å². The van der Waals surface area contributed by atoms with Crippen molar-refractivity contribution in [1.82, 2.24) is 4.98 Å². The molecule has 0 saturated carbocycles. The third-order valence-corrected chi connectivity index (χ3v) is 4.95. The average molecular weight is 277 g/mol. The van der Waals surface area contributed by atoms with Gasteiger partial charge in [-0.25, -0.2) is 0 Å². The zero-order chi connectivity index (χ0) is 15.0. The summed E-state index contributed by atoms with van der Waals surface area (Å²) in [5.41, 5.74) is 5.30. The summed E-state index contributed by atoms with van der Waals surface area (Å²) in [6.07, 6.45) is 2.19. The molecule has 1 heterocycles. The Morgan fingerprint density at radius 2 is 1.62 bits per heavy atom. The van der Waals surface area contributed by atoms with E-state index in [1.54, 1.807) is 0 Å². The van der Waals surface area contributed by atoms with Crippen LogP contribution in [-0.2, 0) is 5.41 Å². The molecule has 0 amide bonds. The lowest BCUT2D eigenvalue weighted by Gasteiger charge is -2.35. The van der Waals surface area contributed by atoms with Crippen molar-refractivity contribution in [2.75, 3.05) is 0 Å². The van der Waals surface area contributed by atoms with E-state index < -0.39 is 0 Å². The minimum absolute atomic E-state index is 0.00725. The summed E-state index contributed by atoms with van der Waals surface area (Å²) >= 11 is 0. The third-order valence-electron chi connectivity index (χ3n) is 4.95. The summed E-state index contributed by atoms with van der Waals surface area (Å²) in [6, 6.07) is 17.5. The van der Waals surface area contributed by atoms with Gasteiger partial charge in [-0.1, -0.05) is 68.8 Å². The number of hydrogen-bond donors (Lipinski definition) is 1. The Morgan fingerprint density at radius 1 is 0.952 bits per heavy atom. The third kappa shape index (κ3) is 2.17. The van der Waals surface area contributed by atoms with Gasteiger partial charge < -0.3 is 4.98 Å². The van der Waals surface area contributed by atoms with E-state index in [4.69, 9.17) is 0 Å². The van der Waals surface area contributed by atoms with Crippen molar-refractivity contribution in [1.29, 1.82) is 0 Å². The minimum atomic E-state index is 0.00725. The predicted molar refractivity (Wildman–Crippen MR) is 90.8 cm³/mol. The fourth-order valence-electron chi connectivity index (χ4n) is 3.20. The lowest BCUT2D eigenvalue weighted by atomic mass is 9.68. The van der Waals surface area contributed by atoms with Gasteiger partial charge in [0.2, 0.25) is 0 Å². The number of aromatic amines is 1. The van der Waals surface area contributed by atoms with Gasteiger partial charge in [0.05, 0.1) is 0 Å². The molecule has 3 rings (SSSR count). The molecule has 1 aromatic heterocycles. The van der Waals surface area contributed by atoms with Gasteiger partial charge in [-0.3, -0.25) is 0 Å². The van der Waals surface area contributed by atoms with Crippen molar-refractivity contribution in [3.05, 3.63) is 71.4 Å². The summed E-state index contributed by atoms with van der Waals surface area (Å²) < 4.78 is 0. The highest BCUT2D eigenvalue weighted by Crippen LogP contribution is 2.42. The van der Waals surface area contributed by atoms with E-state index >= 15 is 0 Å². The number of H-pyrrole nitrogens is 1. The quantitative estimate of drug-likeness (QED) is 0.656. The summed E-state index contributed by atoms with van der Waals surface area (Å²) in [5.74, 6) is 0.513. The highest BCUT2D eigenvalue weighted by molar-refractivity contribution is 5.85. The van der Waals surface area contributed by atoms with Crippen LogP contribution in [0.4, 0.5) is 0 Å². The summed E-state index contributed by atoms with van der Waals surface area (Å²) in [5, 5.41) is 1.33. The van der Waals surface area contributed by atoms with E-state index in [2.05, 4.69) is 87.4 Å². The van der Waals surface area contributed by atoms with Crippen molar-refractivity contribution in [3.63, 3.8) is 0 Å². The zero-order valence-electron chi connectivity index (χ0n) is 13.3. The largest absolute Gasteiger partial charge is 0.361 e. The predicted octanol–water partition coefficient (Wildman–Crippen LogP) is 5.44. The van der Waals surface area contributed by atoms with E-state index in [0.29, 0.717) is 5.92 Å². The van der Waals surface area contributed by atoms with E-state index in [9.17, 15) is 0 Å². The molecule has 3 aromatic rings. The molecule has 21 heavy (non-hydrogen) atoms. The van der Waals surface area contributed by atoms with Crippen molar-refractivity contribution >= 4 is 10.9 Å². The SMILES string of the molecule is Cc1ccc(C(C)(c2c[nH]c3ccccc23)C(C)C)cc1. The van der Waals surface area contributed by atoms with Crippen LogP contribution in [0, 0.1) is 12.8 Å². The van der Waals surface area contributed by atoms with E-state index in [1.165, 1.54) is 27.6 Å². The molecule has 0 saturated heterocycles. The normalized spacial score (nSPS) is 14.5. The van der Waals surface area contributed by atoms with Crippen molar-refractivity contribution in [2.45, 2.75) is 33.1 Å². The minimum Gasteiger partial charge on any atom is -0.361 e. The maximum Gasteiger partial charge on any atom is 0.0457 e. The van der Waals surface area contributed by atoms with Crippen LogP contribution in [0.5, 0.6) is 0 Å². The Morgan fingerprint density at radius 3 is 2.29 bits per heavy atom. The molecule has 0 aliphatic rings. The van der Waals surface area contributed by atoms with Gasteiger partial charge >= 0.3 is 0 Å². The number of aryl methyl sites for hydroxylation is 1. The summed E-state index contributed by atoms with van der Waals surface area (Å²) in [7, 11) is 0. The van der Waals surface area contributed by atoms with Gasteiger partial charge in [-0.15, -0.1) is 0 Å². The first-order valence-electron chi connectivity index (χ1n) is 7.67. The zero-order valence-corrected chi connectivity index (χ0v) is 13.3. The number of hydrogen-bond acceptors (Lipinski definition) is 0. The Bertz CT molecular complexity index is 749. The van der Waals surface area contributed by atoms with Gasteiger partial charge in [-0.05, 0) is 30.0 Å². The molecule has 0 radical (unpaired) electrons. The first-order chi connectivity index (χ1) is 10.0. The van der Waals surface area contributed by atoms with Gasteiger partial charge in [-0.2, -0.15) is 0 Å². The van der Waals surface area contributed by atoms with Crippen LogP contribution in [0.1, 0.15) is 37.5 Å². The van der Waals surface area contributed by atoms with Crippen molar-refractivity contribution in [3.8, 4) is 0 Å². The first-order valence-corrected chi connectivity index (χ1v) is 7.67. The van der Waals surface area contributed by atoms with Gasteiger partial charge in [0, 0.05) is 22.5 Å². The van der Waals surface area contributed by atoms with E-state index in [1.807, 2.05) is 0 Å². The molecule has 0 aliphatic heterocycles. The van der Waals surface area contributed by atoms with E-state index in [0.717, 1.165) is 0 Å². The van der Waals surface area contributed by atoms with Crippen molar-refractivity contribution in [2.24, 2.45) is 5.92 Å². The Labute approximate surface area is 127 Å². The van der Waals surface area contributed by atoms with Crippen LogP contribution < -0.4 is 0 Å². The van der Waals surface area contributed by atoms with Gasteiger partial charge in [0.25, 0.3) is 0 Å². The summed E-state index contributed by atoms with van der Waals surface area (Å²) in [6.45, 7) is 9.11. The molecule has 1 atom stereocenters. The fourth-order valence-corrected chi connectivity index (χ4v) is 3.20. The number of para-hydroxylation sites is 1. The monoisotopic (exact) mass is 277 g/mol. The molecule has 1 unspecified atom stereocenters. The molecular weight excluding hydrogens is 254 g/mol. The van der Waals surface area contributed by atoms with E-state index in [-0.39, 0.29) is 5.41 Å². The molecule has 0 spiro atoms.